The van der Waals surface area contributed by atoms with E-state index in [9.17, 15) is 4.79 Å². The maximum absolute atomic E-state index is 12.1. The van der Waals surface area contributed by atoms with Gasteiger partial charge in [-0.1, -0.05) is 0 Å². The van der Waals surface area contributed by atoms with Crippen LogP contribution in [0.25, 0.3) is 0 Å². The maximum atomic E-state index is 12.1. The van der Waals surface area contributed by atoms with Crippen LogP contribution in [-0.2, 0) is 9.53 Å². The van der Waals surface area contributed by atoms with Gasteiger partial charge in [-0.05, 0) is 20.3 Å². The van der Waals surface area contributed by atoms with Crippen molar-refractivity contribution in [3.05, 3.63) is 0 Å². The highest BCUT2D eigenvalue weighted by Crippen LogP contribution is 2.13. The second-order valence-corrected chi connectivity index (χ2v) is 4.40. The van der Waals surface area contributed by atoms with Crippen LogP contribution >= 0.6 is 0 Å². The normalized spacial score (nSPS) is 25.1. The minimum absolute atomic E-state index is 0.00431. The third-order valence-electron chi connectivity index (χ3n) is 2.97. The molecule has 0 aromatic rings. The van der Waals surface area contributed by atoms with Gasteiger partial charge in [0.1, 0.15) is 0 Å². The lowest BCUT2D eigenvalue weighted by molar-refractivity contribution is -0.135. The molecule has 1 aliphatic heterocycles. The summed E-state index contributed by atoms with van der Waals surface area (Å²) in [7, 11) is 1.66. The van der Waals surface area contributed by atoms with Crippen LogP contribution < -0.4 is 5.32 Å². The van der Waals surface area contributed by atoms with Gasteiger partial charge in [0.2, 0.25) is 5.91 Å². The molecule has 5 heteroatoms. The quantitative estimate of drug-likeness (QED) is 0.674. The fraction of sp³-hybridized carbons (Fsp3) is 0.909. The fourth-order valence-electron chi connectivity index (χ4n) is 2.00. The number of hydrogen-bond donors (Lipinski definition) is 2. The zero-order chi connectivity index (χ0) is 12.1. The van der Waals surface area contributed by atoms with E-state index in [4.69, 9.17) is 9.84 Å². The monoisotopic (exact) mass is 230 g/mol. The fourth-order valence-corrected chi connectivity index (χ4v) is 2.00. The van der Waals surface area contributed by atoms with Crippen LogP contribution in [0.4, 0.5) is 0 Å². The Hall–Kier alpha value is -0.650. The highest BCUT2D eigenvalue weighted by molar-refractivity contribution is 5.82. The summed E-state index contributed by atoms with van der Waals surface area (Å²) >= 11 is 0. The van der Waals surface area contributed by atoms with Gasteiger partial charge >= 0.3 is 0 Å². The van der Waals surface area contributed by atoms with E-state index in [0.717, 1.165) is 6.54 Å². The number of amides is 1. The summed E-state index contributed by atoms with van der Waals surface area (Å²) in [4.78, 5) is 13.8. The molecule has 1 saturated heterocycles. The van der Waals surface area contributed by atoms with E-state index < -0.39 is 0 Å². The van der Waals surface area contributed by atoms with Crippen molar-refractivity contribution in [2.24, 2.45) is 0 Å². The molecule has 1 heterocycles. The molecule has 2 N–H and O–H groups in total. The van der Waals surface area contributed by atoms with Crippen molar-refractivity contribution in [3.63, 3.8) is 0 Å². The zero-order valence-corrected chi connectivity index (χ0v) is 10.3. The molecule has 1 aliphatic rings. The Morgan fingerprint density at radius 3 is 2.75 bits per heavy atom. The van der Waals surface area contributed by atoms with Crippen molar-refractivity contribution in [2.75, 3.05) is 26.8 Å². The summed E-state index contributed by atoms with van der Waals surface area (Å²) in [5.41, 5.74) is 0. The number of hydrogen-bond acceptors (Lipinski definition) is 4. The number of ether oxygens (including phenoxy) is 1. The molecule has 1 amide bonds. The highest BCUT2D eigenvalue weighted by Gasteiger charge is 2.32. The van der Waals surface area contributed by atoms with Gasteiger partial charge in [0.25, 0.3) is 0 Å². The molecular weight excluding hydrogens is 208 g/mol. The SMILES string of the molecule is COC1CNC(C(=O)N(CCO)C(C)C)C1. The summed E-state index contributed by atoms with van der Waals surface area (Å²) in [5.74, 6) is 0.0589. The maximum Gasteiger partial charge on any atom is 0.240 e. The average molecular weight is 230 g/mol. The van der Waals surface area contributed by atoms with Gasteiger partial charge in [0.05, 0.1) is 18.8 Å². The number of nitrogens with one attached hydrogen (secondary N) is 1. The summed E-state index contributed by atoms with van der Waals surface area (Å²) in [6, 6.07) is -0.0538. The molecule has 0 spiro atoms. The van der Waals surface area contributed by atoms with E-state index in [2.05, 4.69) is 5.32 Å². The molecule has 94 valence electrons. The molecule has 16 heavy (non-hydrogen) atoms. The van der Waals surface area contributed by atoms with Crippen molar-refractivity contribution >= 4 is 5.91 Å². The summed E-state index contributed by atoms with van der Waals surface area (Å²) < 4.78 is 5.21. The Kier molecular flexibility index (Phi) is 5.18. The summed E-state index contributed by atoms with van der Waals surface area (Å²) in [6.07, 6.45) is 0.835. The van der Waals surface area contributed by atoms with Crippen LogP contribution in [0, 0.1) is 0 Å². The van der Waals surface area contributed by atoms with Crippen LogP contribution in [0.5, 0.6) is 0 Å². The lowest BCUT2D eigenvalue weighted by atomic mass is 10.1. The Morgan fingerprint density at radius 1 is 1.62 bits per heavy atom. The van der Waals surface area contributed by atoms with Crippen molar-refractivity contribution in [1.82, 2.24) is 10.2 Å². The number of methoxy groups -OCH3 is 1. The molecule has 0 aliphatic carbocycles. The van der Waals surface area contributed by atoms with Crippen LogP contribution in [0.1, 0.15) is 20.3 Å². The molecule has 0 aromatic heterocycles. The predicted octanol–water partition coefficient (Wildman–Crippen LogP) is -0.407. The number of rotatable bonds is 5. The van der Waals surface area contributed by atoms with Crippen molar-refractivity contribution < 1.29 is 14.6 Å². The summed E-state index contributed by atoms with van der Waals surface area (Å²) in [6.45, 7) is 5.03. The van der Waals surface area contributed by atoms with Gasteiger partial charge < -0.3 is 20.1 Å². The van der Waals surface area contributed by atoms with E-state index >= 15 is 0 Å². The van der Waals surface area contributed by atoms with Gasteiger partial charge in [-0.25, -0.2) is 0 Å². The number of aliphatic hydroxyl groups is 1. The molecule has 0 radical (unpaired) electrons. The Morgan fingerprint density at radius 2 is 2.31 bits per heavy atom. The first kappa shape index (κ1) is 13.4. The smallest absolute Gasteiger partial charge is 0.240 e. The molecule has 2 atom stereocenters. The summed E-state index contributed by atoms with van der Waals surface area (Å²) in [5, 5.41) is 12.1. The van der Waals surface area contributed by atoms with Crippen molar-refractivity contribution in [3.8, 4) is 0 Å². The number of carbonyl (C=O) groups excluding carboxylic acids is 1. The minimum atomic E-state index is -0.168. The van der Waals surface area contributed by atoms with E-state index in [1.165, 1.54) is 0 Å². The second-order valence-electron chi connectivity index (χ2n) is 4.40. The van der Waals surface area contributed by atoms with E-state index in [1.54, 1.807) is 12.0 Å². The van der Waals surface area contributed by atoms with Crippen LogP contribution in [-0.4, -0.2) is 60.9 Å². The van der Waals surface area contributed by atoms with Gasteiger partial charge in [-0.2, -0.15) is 0 Å². The molecule has 1 rings (SSSR count). The first-order valence-corrected chi connectivity index (χ1v) is 5.77. The first-order valence-electron chi connectivity index (χ1n) is 5.77. The van der Waals surface area contributed by atoms with Crippen LogP contribution in [0.3, 0.4) is 0 Å². The van der Waals surface area contributed by atoms with Crippen LogP contribution in [0.2, 0.25) is 0 Å². The Labute approximate surface area is 96.8 Å². The third-order valence-corrected chi connectivity index (χ3v) is 2.97. The van der Waals surface area contributed by atoms with Gasteiger partial charge in [-0.15, -0.1) is 0 Å². The second kappa shape index (κ2) is 6.18. The Bertz CT molecular complexity index is 233. The minimum Gasteiger partial charge on any atom is -0.395 e. The molecule has 2 unspecified atom stereocenters. The van der Waals surface area contributed by atoms with E-state index in [1.807, 2.05) is 13.8 Å². The average Bonchev–Trinajstić information content (AvgIpc) is 2.73. The van der Waals surface area contributed by atoms with Crippen molar-refractivity contribution in [1.29, 1.82) is 0 Å². The number of carbonyl (C=O) groups is 1. The van der Waals surface area contributed by atoms with E-state index in [0.29, 0.717) is 13.0 Å². The molecule has 0 saturated carbocycles. The van der Waals surface area contributed by atoms with Gasteiger partial charge in [-0.3, -0.25) is 4.79 Å². The Balaban J connectivity index is 2.54. The van der Waals surface area contributed by atoms with E-state index in [-0.39, 0.29) is 30.7 Å². The molecule has 5 nitrogen and oxygen atoms in total. The topological polar surface area (TPSA) is 61.8 Å². The predicted molar refractivity (Wildman–Crippen MR) is 61.1 cm³/mol. The molecule has 0 bridgehead atoms. The zero-order valence-electron chi connectivity index (χ0n) is 10.3. The lowest BCUT2D eigenvalue weighted by Crippen LogP contribution is -2.47. The molecule has 1 fully saturated rings. The van der Waals surface area contributed by atoms with Gasteiger partial charge in [0, 0.05) is 26.2 Å². The largest absolute Gasteiger partial charge is 0.395 e. The third kappa shape index (κ3) is 3.17. The molecular formula is C11H22N2O3. The first-order chi connectivity index (χ1) is 7.60. The lowest BCUT2D eigenvalue weighted by Gasteiger charge is -2.28. The number of nitrogens with zero attached hydrogens (tertiary/aromatic N) is 1. The standard InChI is InChI=1S/C11H22N2O3/c1-8(2)13(4-5-14)11(15)10-6-9(16-3)7-12-10/h8-10,12,14H,4-7H2,1-3H3. The van der Waals surface area contributed by atoms with Crippen LogP contribution in [0.15, 0.2) is 0 Å². The van der Waals surface area contributed by atoms with Crippen molar-refractivity contribution in [2.45, 2.75) is 38.5 Å². The molecule has 0 aromatic carbocycles. The number of aliphatic hydroxyl groups excluding tert-OH is 1. The van der Waals surface area contributed by atoms with Gasteiger partial charge in [0.15, 0.2) is 0 Å². The highest BCUT2D eigenvalue weighted by atomic mass is 16.5.